The zero-order valence-electron chi connectivity index (χ0n) is 12.3. The van der Waals surface area contributed by atoms with Crippen molar-refractivity contribution < 1.29 is 4.74 Å². The fourth-order valence-electron chi connectivity index (χ4n) is 1.59. The van der Waals surface area contributed by atoms with Gasteiger partial charge in [-0.2, -0.15) is 0 Å². The molecule has 0 amide bonds. The van der Waals surface area contributed by atoms with Crippen molar-refractivity contribution in [3.8, 4) is 5.75 Å². The van der Waals surface area contributed by atoms with Gasteiger partial charge in [0, 0.05) is 6.20 Å². The summed E-state index contributed by atoms with van der Waals surface area (Å²) in [6.45, 7) is 8.88. The first-order chi connectivity index (χ1) is 9.25. The van der Waals surface area contributed by atoms with Crippen molar-refractivity contribution in [1.29, 1.82) is 0 Å². The predicted octanol–water partition coefficient (Wildman–Crippen LogP) is 4.81. The molecule has 0 aliphatic rings. The van der Waals surface area contributed by atoms with Gasteiger partial charge in [-0.05, 0) is 35.7 Å². The molecule has 19 heavy (non-hydrogen) atoms. The molecule has 1 heterocycles. The SMILES string of the molecule is CC.CC(C)c1ccc(OCc2ccccn2)cc1. The van der Waals surface area contributed by atoms with Crippen LogP contribution in [0.25, 0.3) is 0 Å². The number of pyridine rings is 1. The van der Waals surface area contributed by atoms with Crippen LogP contribution in [0.15, 0.2) is 48.7 Å². The van der Waals surface area contributed by atoms with Gasteiger partial charge in [0.25, 0.3) is 0 Å². The predicted molar refractivity (Wildman–Crippen MR) is 80.4 cm³/mol. The number of ether oxygens (including phenoxy) is 1. The number of rotatable bonds is 4. The molecule has 1 aromatic carbocycles. The summed E-state index contributed by atoms with van der Waals surface area (Å²) in [4.78, 5) is 4.21. The fourth-order valence-corrected chi connectivity index (χ4v) is 1.59. The number of hydrogen-bond acceptors (Lipinski definition) is 2. The van der Waals surface area contributed by atoms with Gasteiger partial charge in [0.1, 0.15) is 12.4 Å². The standard InChI is InChI=1S/C15H17NO.C2H6/c1-12(2)13-6-8-15(9-7-13)17-11-14-5-3-4-10-16-14;1-2/h3-10,12H,11H2,1-2H3;1-2H3. The molecule has 0 fully saturated rings. The van der Waals surface area contributed by atoms with Gasteiger partial charge >= 0.3 is 0 Å². The molecule has 0 aliphatic carbocycles. The second-order valence-corrected chi connectivity index (χ2v) is 4.33. The van der Waals surface area contributed by atoms with Crippen molar-refractivity contribution in [3.05, 3.63) is 59.9 Å². The zero-order valence-corrected chi connectivity index (χ0v) is 12.3. The summed E-state index contributed by atoms with van der Waals surface area (Å²) in [6, 6.07) is 14.1. The van der Waals surface area contributed by atoms with E-state index in [-0.39, 0.29) is 0 Å². The van der Waals surface area contributed by atoms with Crippen molar-refractivity contribution in [2.24, 2.45) is 0 Å². The lowest BCUT2D eigenvalue weighted by atomic mass is 10.0. The maximum atomic E-state index is 5.66. The van der Waals surface area contributed by atoms with Crippen LogP contribution in [-0.4, -0.2) is 4.98 Å². The molecular formula is C17H23NO. The summed E-state index contributed by atoms with van der Waals surface area (Å²) in [7, 11) is 0. The summed E-state index contributed by atoms with van der Waals surface area (Å²) in [6.07, 6.45) is 1.78. The maximum absolute atomic E-state index is 5.66. The Balaban J connectivity index is 0.000000861. The van der Waals surface area contributed by atoms with E-state index in [1.54, 1.807) is 6.20 Å². The van der Waals surface area contributed by atoms with Crippen molar-refractivity contribution in [1.82, 2.24) is 4.98 Å². The van der Waals surface area contributed by atoms with Crippen LogP contribution < -0.4 is 4.74 Å². The average molecular weight is 257 g/mol. The number of benzene rings is 1. The molecule has 2 heteroatoms. The van der Waals surface area contributed by atoms with E-state index in [4.69, 9.17) is 4.74 Å². The second-order valence-electron chi connectivity index (χ2n) is 4.33. The zero-order chi connectivity index (χ0) is 14.1. The van der Waals surface area contributed by atoms with Crippen LogP contribution in [0.4, 0.5) is 0 Å². The number of hydrogen-bond donors (Lipinski definition) is 0. The van der Waals surface area contributed by atoms with E-state index in [0.29, 0.717) is 12.5 Å². The van der Waals surface area contributed by atoms with Crippen molar-refractivity contribution in [2.45, 2.75) is 40.2 Å². The van der Waals surface area contributed by atoms with Crippen LogP contribution in [0, 0.1) is 0 Å². The molecule has 2 rings (SSSR count). The second kappa shape index (κ2) is 8.30. The number of nitrogens with zero attached hydrogens (tertiary/aromatic N) is 1. The maximum Gasteiger partial charge on any atom is 0.130 e. The van der Waals surface area contributed by atoms with Gasteiger partial charge in [-0.25, -0.2) is 0 Å². The van der Waals surface area contributed by atoms with Crippen molar-refractivity contribution in [3.63, 3.8) is 0 Å². The topological polar surface area (TPSA) is 22.1 Å². The van der Waals surface area contributed by atoms with E-state index in [1.807, 2.05) is 44.2 Å². The first kappa shape index (κ1) is 15.2. The molecular weight excluding hydrogens is 234 g/mol. The normalized spacial score (nSPS) is 9.74. The van der Waals surface area contributed by atoms with Gasteiger partial charge in [0.2, 0.25) is 0 Å². The van der Waals surface area contributed by atoms with Gasteiger partial charge < -0.3 is 4.74 Å². The van der Waals surface area contributed by atoms with E-state index < -0.39 is 0 Å². The largest absolute Gasteiger partial charge is 0.487 e. The smallest absolute Gasteiger partial charge is 0.130 e. The lowest BCUT2D eigenvalue weighted by Gasteiger charge is -2.08. The fraction of sp³-hybridized carbons (Fsp3) is 0.353. The highest BCUT2D eigenvalue weighted by molar-refractivity contribution is 5.29. The highest BCUT2D eigenvalue weighted by Gasteiger charge is 2.00. The van der Waals surface area contributed by atoms with Gasteiger partial charge in [-0.3, -0.25) is 4.98 Å². The Morgan fingerprint density at radius 1 is 1.00 bits per heavy atom. The van der Waals surface area contributed by atoms with Gasteiger partial charge in [0.05, 0.1) is 5.69 Å². The molecule has 0 N–H and O–H groups in total. The minimum atomic E-state index is 0.516. The van der Waals surface area contributed by atoms with Crippen molar-refractivity contribution in [2.75, 3.05) is 0 Å². The Kier molecular flexibility index (Phi) is 6.65. The van der Waals surface area contributed by atoms with E-state index in [2.05, 4.69) is 31.0 Å². The summed E-state index contributed by atoms with van der Waals surface area (Å²) in [5, 5.41) is 0. The van der Waals surface area contributed by atoms with Crippen LogP contribution in [0.5, 0.6) is 5.75 Å². The van der Waals surface area contributed by atoms with E-state index in [9.17, 15) is 0 Å². The van der Waals surface area contributed by atoms with Gasteiger partial charge in [-0.1, -0.05) is 45.9 Å². The Labute approximate surface area is 116 Å². The van der Waals surface area contributed by atoms with E-state index in [1.165, 1.54) is 5.56 Å². The minimum absolute atomic E-state index is 0.516. The third kappa shape index (κ3) is 5.12. The molecule has 2 aromatic rings. The quantitative estimate of drug-likeness (QED) is 0.784. The molecule has 0 radical (unpaired) electrons. The highest BCUT2D eigenvalue weighted by atomic mass is 16.5. The summed E-state index contributed by atoms with van der Waals surface area (Å²) in [5.41, 5.74) is 2.27. The van der Waals surface area contributed by atoms with E-state index >= 15 is 0 Å². The molecule has 102 valence electrons. The van der Waals surface area contributed by atoms with Crippen LogP contribution >= 0.6 is 0 Å². The lowest BCUT2D eigenvalue weighted by Crippen LogP contribution is -1.97. The van der Waals surface area contributed by atoms with Crippen LogP contribution in [0.3, 0.4) is 0 Å². The summed E-state index contributed by atoms with van der Waals surface area (Å²) in [5.74, 6) is 1.44. The van der Waals surface area contributed by atoms with Crippen LogP contribution in [0.1, 0.15) is 44.9 Å². The Hall–Kier alpha value is -1.83. The molecule has 0 spiro atoms. The molecule has 0 atom stereocenters. The monoisotopic (exact) mass is 257 g/mol. The van der Waals surface area contributed by atoms with Crippen molar-refractivity contribution >= 4 is 0 Å². The van der Waals surface area contributed by atoms with Crippen LogP contribution in [0.2, 0.25) is 0 Å². The van der Waals surface area contributed by atoms with Gasteiger partial charge in [0.15, 0.2) is 0 Å². The Morgan fingerprint density at radius 3 is 2.21 bits per heavy atom. The average Bonchev–Trinajstić information content (AvgIpc) is 2.49. The third-order valence-corrected chi connectivity index (χ3v) is 2.66. The van der Waals surface area contributed by atoms with E-state index in [0.717, 1.165) is 11.4 Å². The number of aromatic nitrogens is 1. The minimum Gasteiger partial charge on any atom is -0.487 e. The molecule has 0 aliphatic heterocycles. The molecule has 0 saturated heterocycles. The van der Waals surface area contributed by atoms with Gasteiger partial charge in [-0.15, -0.1) is 0 Å². The molecule has 0 saturated carbocycles. The third-order valence-electron chi connectivity index (χ3n) is 2.66. The molecule has 2 nitrogen and oxygen atoms in total. The highest BCUT2D eigenvalue weighted by Crippen LogP contribution is 2.19. The molecule has 0 unspecified atom stereocenters. The van der Waals surface area contributed by atoms with Crippen LogP contribution in [-0.2, 0) is 6.61 Å². The summed E-state index contributed by atoms with van der Waals surface area (Å²) < 4.78 is 5.66. The Morgan fingerprint density at radius 2 is 1.68 bits per heavy atom. The Bertz CT molecular complexity index is 448. The lowest BCUT2D eigenvalue weighted by molar-refractivity contribution is 0.301. The first-order valence-corrected chi connectivity index (χ1v) is 6.88. The first-order valence-electron chi connectivity index (χ1n) is 6.88. The molecule has 1 aromatic heterocycles. The molecule has 0 bridgehead atoms. The summed E-state index contributed by atoms with van der Waals surface area (Å²) >= 11 is 0.